The molecule has 3 aromatic rings. The number of benzene rings is 1. The lowest BCUT2D eigenvalue weighted by Gasteiger charge is -2.01. The van der Waals surface area contributed by atoms with E-state index in [4.69, 9.17) is 0 Å². The molecule has 2 heterocycles. The van der Waals surface area contributed by atoms with Crippen molar-refractivity contribution in [2.75, 3.05) is 0 Å². The molecule has 0 aliphatic heterocycles. The third kappa shape index (κ3) is 1.80. The van der Waals surface area contributed by atoms with Crippen LogP contribution < -0.4 is 0 Å². The van der Waals surface area contributed by atoms with E-state index in [1.54, 1.807) is 11.7 Å². The number of fused-ring (bicyclic) bond motifs is 1. The smallest absolute Gasteiger partial charge is 0.206 e. The molecule has 3 nitrogen and oxygen atoms in total. The van der Waals surface area contributed by atoms with E-state index in [2.05, 4.69) is 9.97 Å². The Hall–Kier alpha value is -2.07. The summed E-state index contributed by atoms with van der Waals surface area (Å²) in [6.07, 6.45) is 1.63. The maximum absolute atomic E-state index is 12.3. The molecule has 88 valence electrons. The number of nitrogens with zero attached hydrogens (tertiary/aromatic N) is 2. The summed E-state index contributed by atoms with van der Waals surface area (Å²) in [7, 11) is 0. The van der Waals surface area contributed by atoms with Crippen molar-refractivity contribution in [2.45, 2.75) is 6.92 Å². The van der Waals surface area contributed by atoms with Crippen LogP contribution >= 0.6 is 11.3 Å². The Morgan fingerprint density at radius 3 is 2.83 bits per heavy atom. The van der Waals surface area contributed by atoms with E-state index in [0.717, 1.165) is 16.6 Å². The van der Waals surface area contributed by atoms with Gasteiger partial charge in [-0.2, -0.15) is 0 Å². The van der Waals surface area contributed by atoms with Crippen LogP contribution in [-0.2, 0) is 0 Å². The monoisotopic (exact) mass is 254 g/mol. The van der Waals surface area contributed by atoms with E-state index < -0.39 is 0 Å². The van der Waals surface area contributed by atoms with Crippen LogP contribution in [-0.4, -0.2) is 15.8 Å². The topological polar surface area (TPSA) is 42.9 Å². The van der Waals surface area contributed by atoms with Gasteiger partial charge in [-0.05, 0) is 19.1 Å². The summed E-state index contributed by atoms with van der Waals surface area (Å²) in [6.45, 7) is 1.85. The molecular formula is C14H10N2OS. The van der Waals surface area contributed by atoms with E-state index in [1.165, 1.54) is 11.3 Å². The molecule has 0 aliphatic carbocycles. The molecule has 1 aromatic carbocycles. The molecule has 0 aliphatic rings. The standard InChI is InChI=1S/C14H10N2OS/c1-9-14(18-8-16-9)13(17)11-6-10-4-2-3-5-12(10)15-7-11/h2-8H,1H3. The van der Waals surface area contributed by atoms with Crippen LogP contribution in [0.2, 0.25) is 0 Å². The summed E-state index contributed by atoms with van der Waals surface area (Å²) in [6, 6.07) is 9.64. The van der Waals surface area contributed by atoms with Gasteiger partial charge in [-0.15, -0.1) is 11.3 Å². The van der Waals surface area contributed by atoms with Crippen LogP contribution in [0.4, 0.5) is 0 Å². The van der Waals surface area contributed by atoms with Crippen molar-refractivity contribution < 1.29 is 4.79 Å². The molecule has 0 spiro atoms. The molecule has 0 unspecified atom stereocenters. The number of hydrogen-bond acceptors (Lipinski definition) is 4. The van der Waals surface area contributed by atoms with Crippen LogP contribution in [0.25, 0.3) is 10.9 Å². The van der Waals surface area contributed by atoms with E-state index in [-0.39, 0.29) is 5.78 Å². The Morgan fingerprint density at radius 2 is 2.06 bits per heavy atom. The quantitative estimate of drug-likeness (QED) is 0.659. The van der Waals surface area contributed by atoms with Crippen LogP contribution in [0.15, 0.2) is 42.0 Å². The maximum atomic E-state index is 12.3. The number of para-hydroxylation sites is 1. The normalized spacial score (nSPS) is 10.7. The second-order valence-corrected chi connectivity index (χ2v) is 4.87. The summed E-state index contributed by atoms with van der Waals surface area (Å²) >= 11 is 1.37. The van der Waals surface area contributed by atoms with Gasteiger partial charge in [-0.25, -0.2) is 4.98 Å². The van der Waals surface area contributed by atoms with Gasteiger partial charge >= 0.3 is 0 Å². The van der Waals surface area contributed by atoms with E-state index in [0.29, 0.717) is 10.4 Å². The van der Waals surface area contributed by atoms with Crippen molar-refractivity contribution in [3.63, 3.8) is 0 Å². The summed E-state index contributed by atoms with van der Waals surface area (Å²) in [5.41, 5.74) is 3.98. The molecule has 0 bridgehead atoms. The molecule has 0 fully saturated rings. The number of aromatic nitrogens is 2. The van der Waals surface area contributed by atoms with Crippen LogP contribution in [0.5, 0.6) is 0 Å². The number of ketones is 1. The first kappa shape index (κ1) is 11.0. The molecule has 4 heteroatoms. The maximum Gasteiger partial charge on any atom is 0.206 e. The Kier molecular flexibility index (Phi) is 2.64. The van der Waals surface area contributed by atoms with Crippen molar-refractivity contribution in [1.82, 2.24) is 9.97 Å². The second kappa shape index (κ2) is 4.31. The molecule has 0 radical (unpaired) electrons. The first-order valence-electron chi connectivity index (χ1n) is 5.55. The highest BCUT2D eigenvalue weighted by molar-refractivity contribution is 7.12. The predicted octanol–water partition coefficient (Wildman–Crippen LogP) is 3.23. The molecule has 0 atom stereocenters. The largest absolute Gasteiger partial charge is 0.288 e. The number of aryl methyl sites for hydroxylation is 1. The number of pyridine rings is 1. The Morgan fingerprint density at radius 1 is 1.22 bits per heavy atom. The summed E-state index contributed by atoms with van der Waals surface area (Å²) < 4.78 is 0. The first-order chi connectivity index (χ1) is 8.75. The summed E-state index contributed by atoms with van der Waals surface area (Å²) in [5.74, 6) is -0.00625. The van der Waals surface area contributed by atoms with Gasteiger partial charge in [0.15, 0.2) is 0 Å². The fraction of sp³-hybridized carbons (Fsp3) is 0.0714. The fourth-order valence-corrected chi connectivity index (χ4v) is 2.61. The van der Waals surface area contributed by atoms with Crippen LogP contribution in [0.1, 0.15) is 20.9 Å². The van der Waals surface area contributed by atoms with E-state index in [9.17, 15) is 4.79 Å². The Balaban J connectivity index is 2.10. The predicted molar refractivity (Wildman–Crippen MR) is 72.0 cm³/mol. The SMILES string of the molecule is Cc1ncsc1C(=O)c1cnc2ccccc2c1. The van der Waals surface area contributed by atoms with Crippen molar-refractivity contribution in [1.29, 1.82) is 0 Å². The molecule has 0 saturated carbocycles. The molecule has 3 rings (SSSR count). The molecule has 2 aromatic heterocycles. The summed E-state index contributed by atoms with van der Waals surface area (Å²) in [5, 5.41) is 0.977. The zero-order valence-electron chi connectivity index (χ0n) is 9.75. The molecular weight excluding hydrogens is 244 g/mol. The number of thiazole rings is 1. The van der Waals surface area contributed by atoms with Crippen molar-refractivity contribution in [3.05, 3.63) is 58.2 Å². The number of hydrogen-bond donors (Lipinski definition) is 0. The zero-order chi connectivity index (χ0) is 12.5. The first-order valence-corrected chi connectivity index (χ1v) is 6.43. The van der Waals surface area contributed by atoms with Crippen LogP contribution in [0, 0.1) is 6.92 Å². The highest BCUT2D eigenvalue weighted by Crippen LogP contribution is 2.19. The lowest BCUT2D eigenvalue weighted by molar-refractivity contribution is 0.104. The van der Waals surface area contributed by atoms with Gasteiger partial charge in [0.2, 0.25) is 5.78 Å². The highest BCUT2D eigenvalue weighted by Gasteiger charge is 2.14. The Labute approximate surface area is 108 Å². The average Bonchev–Trinajstić information content (AvgIpc) is 2.83. The van der Waals surface area contributed by atoms with E-state index >= 15 is 0 Å². The van der Waals surface area contributed by atoms with Crippen molar-refractivity contribution in [2.24, 2.45) is 0 Å². The average molecular weight is 254 g/mol. The number of carbonyl (C=O) groups excluding carboxylic acids is 1. The van der Waals surface area contributed by atoms with Gasteiger partial charge in [0.05, 0.1) is 21.6 Å². The molecule has 0 amide bonds. The fourth-order valence-electron chi connectivity index (χ4n) is 1.85. The van der Waals surface area contributed by atoms with Gasteiger partial charge < -0.3 is 0 Å². The molecule has 0 saturated heterocycles. The zero-order valence-corrected chi connectivity index (χ0v) is 10.6. The van der Waals surface area contributed by atoms with Gasteiger partial charge in [0.1, 0.15) is 0 Å². The third-order valence-corrected chi connectivity index (χ3v) is 3.73. The minimum atomic E-state index is -0.00625. The van der Waals surface area contributed by atoms with Gasteiger partial charge in [0.25, 0.3) is 0 Å². The minimum absolute atomic E-state index is 0.00625. The minimum Gasteiger partial charge on any atom is -0.288 e. The summed E-state index contributed by atoms with van der Waals surface area (Å²) in [4.78, 5) is 21.4. The molecule has 0 N–H and O–H groups in total. The molecule has 18 heavy (non-hydrogen) atoms. The lowest BCUT2D eigenvalue weighted by Crippen LogP contribution is -2.01. The second-order valence-electron chi connectivity index (χ2n) is 4.01. The Bertz CT molecular complexity index is 733. The number of carbonyl (C=O) groups is 1. The third-order valence-electron chi connectivity index (χ3n) is 2.80. The van der Waals surface area contributed by atoms with Gasteiger partial charge in [-0.1, -0.05) is 18.2 Å². The lowest BCUT2D eigenvalue weighted by atomic mass is 10.1. The number of rotatable bonds is 2. The van der Waals surface area contributed by atoms with Gasteiger partial charge in [0, 0.05) is 17.1 Å². The van der Waals surface area contributed by atoms with E-state index in [1.807, 2.05) is 37.3 Å². The highest BCUT2D eigenvalue weighted by atomic mass is 32.1. The van der Waals surface area contributed by atoms with Gasteiger partial charge in [-0.3, -0.25) is 9.78 Å². The van der Waals surface area contributed by atoms with Crippen molar-refractivity contribution in [3.8, 4) is 0 Å². The van der Waals surface area contributed by atoms with Crippen molar-refractivity contribution >= 4 is 28.0 Å². The van der Waals surface area contributed by atoms with Crippen LogP contribution in [0.3, 0.4) is 0 Å².